The minimum absolute atomic E-state index is 0.0111. The van der Waals surface area contributed by atoms with Crippen molar-refractivity contribution in [3.63, 3.8) is 0 Å². The summed E-state index contributed by atoms with van der Waals surface area (Å²) in [7, 11) is 0. The summed E-state index contributed by atoms with van der Waals surface area (Å²) in [4.78, 5) is 32.4. The van der Waals surface area contributed by atoms with Gasteiger partial charge in [0, 0.05) is 17.7 Å². The van der Waals surface area contributed by atoms with Gasteiger partial charge in [-0.2, -0.15) is 10.4 Å². The number of benzene rings is 1. The second kappa shape index (κ2) is 5.72. The van der Waals surface area contributed by atoms with Crippen molar-refractivity contribution < 1.29 is 18.9 Å². The van der Waals surface area contributed by atoms with Gasteiger partial charge in [-0.05, 0) is 24.3 Å². The molecule has 0 atom stereocenters. The molecule has 1 aliphatic heterocycles. The lowest BCUT2D eigenvalue weighted by Gasteiger charge is -2.02. The molecule has 0 saturated carbocycles. The minimum atomic E-state index is -0.714. The first-order valence-electron chi connectivity index (χ1n) is 6.47. The number of hydrazone groups is 1. The maximum atomic E-state index is 11.3. The van der Waals surface area contributed by atoms with Crippen LogP contribution in [-0.4, -0.2) is 34.6 Å². The first kappa shape index (κ1) is 14.4. The van der Waals surface area contributed by atoms with Gasteiger partial charge in [0.05, 0.1) is 11.1 Å². The van der Waals surface area contributed by atoms with E-state index < -0.39 is 16.9 Å². The number of carbonyl (C=O) groups is 2. The van der Waals surface area contributed by atoms with E-state index in [0.717, 1.165) is 5.01 Å². The van der Waals surface area contributed by atoms with Crippen molar-refractivity contribution in [3.8, 4) is 11.3 Å². The molecule has 9 nitrogen and oxygen atoms in total. The molecule has 115 valence electrons. The van der Waals surface area contributed by atoms with Crippen molar-refractivity contribution in [1.29, 1.82) is 0 Å². The van der Waals surface area contributed by atoms with Gasteiger partial charge in [0.25, 0.3) is 11.6 Å². The first-order valence-corrected chi connectivity index (χ1v) is 6.47. The molecule has 0 N–H and O–H groups in total. The standard InChI is InChI=1S/C14H9N4O5/c19-13-8-17(14(20)16-13)15-7-11-5-6-12(23-11)9-1-3-10(4-2-9)18(21)22/h1-7H,8H2/b15-7+. The molecule has 1 fully saturated rings. The third kappa shape index (κ3) is 3.07. The minimum Gasteiger partial charge on any atom is -0.455 e. The van der Waals surface area contributed by atoms with E-state index in [1.54, 1.807) is 24.3 Å². The van der Waals surface area contributed by atoms with Gasteiger partial charge in [0.1, 0.15) is 18.1 Å². The predicted molar refractivity (Wildman–Crippen MR) is 77.6 cm³/mol. The molecule has 0 bridgehead atoms. The van der Waals surface area contributed by atoms with Crippen LogP contribution in [0.3, 0.4) is 0 Å². The van der Waals surface area contributed by atoms with Crippen LogP contribution < -0.4 is 5.32 Å². The Morgan fingerprint density at radius 3 is 2.57 bits per heavy atom. The summed E-state index contributed by atoms with van der Waals surface area (Å²) >= 11 is 0. The molecule has 2 aromatic rings. The lowest BCUT2D eigenvalue weighted by Crippen LogP contribution is -2.19. The Hall–Kier alpha value is -3.49. The van der Waals surface area contributed by atoms with Crippen molar-refractivity contribution in [2.45, 2.75) is 0 Å². The number of urea groups is 1. The predicted octanol–water partition coefficient (Wildman–Crippen LogP) is 1.76. The number of hydrogen-bond donors (Lipinski definition) is 0. The normalized spacial score (nSPS) is 14.5. The number of nitro groups is 1. The van der Waals surface area contributed by atoms with Crippen molar-refractivity contribution in [2.24, 2.45) is 5.10 Å². The van der Waals surface area contributed by atoms with E-state index in [0.29, 0.717) is 17.1 Å². The molecule has 1 aromatic carbocycles. The molecule has 0 unspecified atom stereocenters. The summed E-state index contributed by atoms with van der Waals surface area (Å²) < 4.78 is 5.52. The molecule has 3 rings (SSSR count). The molecular weight excluding hydrogens is 304 g/mol. The first-order chi connectivity index (χ1) is 11.0. The van der Waals surface area contributed by atoms with E-state index in [1.165, 1.54) is 18.3 Å². The van der Waals surface area contributed by atoms with Gasteiger partial charge in [-0.3, -0.25) is 14.9 Å². The maximum absolute atomic E-state index is 11.3. The lowest BCUT2D eigenvalue weighted by molar-refractivity contribution is -0.384. The van der Waals surface area contributed by atoms with E-state index in [1.807, 2.05) is 0 Å². The van der Waals surface area contributed by atoms with E-state index in [9.17, 15) is 19.7 Å². The summed E-state index contributed by atoms with van der Waals surface area (Å²) in [6.07, 6.45) is 1.29. The van der Waals surface area contributed by atoms with Crippen LogP contribution in [0.1, 0.15) is 5.76 Å². The highest BCUT2D eigenvalue weighted by molar-refractivity contribution is 6.01. The monoisotopic (exact) mass is 313 g/mol. The van der Waals surface area contributed by atoms with Gasteiger partial charge in [-0.15, -0.1) is 0 Å². The summed E-state index contributed by atoms with van der Waals surface area (Å²) in [6, 6.07) is 8.47. The van der Waals surface area contributed by atoms with Crippen LogP contribution >= 0.6 is 0 Å². The summed E-state index contributed by atoms with van der Waals surface area (Å²) in [5, 5.41) is 18.6. The molecule has 0 spiro atoms. The topological polar surface area (TPSA) is 120 Å². The number of nitro benzene ring substituents is 1. The number of amides is 3. The maximum Gasteiger partial charge on any atom is 0.367 e. The van der Waals surface area contributed by atoms with Gasteiger partial charge in [0.2, 0.25) is 0 Å². The second-order valence-corrected chi connectivity index (χ2v) is 4.60. The fourth-order valence-electron chi connectivity index (χ4n) is 1.94. The number of imide groups is 1. The van der Waals surface area contributed by atoms with Crippen molar-refractivity contribution in [1.82, 2.24) is 10.3 Å². The van der Waals surface area contributed by atoms with Gasteiger partial charge in [-0.25, -0.2) is 9.80 Å². The van der Waals surface area contributed by atoms with E-state index in [2.05, 4.69) is 10.4 Å². The van der Waals surface area contributed by atoms with Crippen LogP contribution in [0.25, 0.3) is 11.3 Å². The Morgan fingerprint density at radius 2 is 1.96 bits per heavy atom. The fourth-order valence-corrected chi connectivity index (χ4v) is 1.94. The highest BCUT2D eigenvalue weighted by Gasteiger charge is 2.28. The number of hydrogen-bond acceptors (Lipinski definition) is 6. The molecule has 1 aromatic heterocycles. The molecule has 1 aliphatic rings. The highest BCUT2D eigenvalue weighted by atomic mass is 16.6. The van der Waals surface area contributed by atoms with Crippen LogP contribution in [0.15, 0.2) is 45.9 Å². The smallest absolute Gasteiger partial charge is 0.367 e. The molecule has 1 radical (unpaired) electrons. The van der Waals surface area contributed by atoms with Gasteiger partial charge in [0.15, 0.2) is 0 Å². The Bertz CT molecular complexity index is 809. The number of non-ortho nitro benzene ring substituents is 1. The average molecular weight is 313 g/mol. The molecule has 23 heavy (non-hydrogen) atoms. The Balaban J connectivity index is 1.74. The third-order valence-corrected chi connectivity index (χ3v) is 3.04. The van der Waals surface area contributed by atoms with Gasteiger partial charge < -0.3 is 4.42 Å². The van der Waals surface area contributed by atoms with Crippen molar-refractivity contribution >= 4 is 23.8 Å². The third-order valence-electron chi connectivity index (χ3n) is 3.04. The van der Waals surface area contributed by atoms with Crippen LogP contribution in [0, 0.1) is 10.1 Å². The van der Waals surface area contributed by atoms with Crippen LogP contribution in [0.4, 0.5) is 10.5 Å². The summed E-state index contributed by atoms with van der Waals surface area (Å²) in [5.74, 6) is 0.318. The largest absolute Gasteiger partial charge is 0.455 e. The number of furan rings is 1. The fraction of sp³-hybridized carbons (Fsp3) is 0.0714. The molecular formula is C14H9N4O5. The molecule has 9 heteroatoms. The molecule has 3 amide bonds. The van der Waals surface area contributed by atoms with Crippen LogP contribution in [-0.2, 0) is 4.79 Å². The average Bonchev–Trinajstić information content (AvgIpc) is 3.11. The number of rotatable bonds is 4. The zero-order valence-corrected chi connectivity index (χ0v) is 11.6. The summed E-state index contributed by atoms with van der Waals surface area (Å²) in [5.41, 5.74) is 0.653. The van der Waals surface area contributed by atoms with Crippen molar-refractivity contribution in [2.75, 3.05) is 6.54 Å². The van der Waals surface area contributed by atoms with E-state index in [-0.39, 0.29) is 12.2 Å². The Labute approximate surface area is 129 Å². The van der Waals surface area contributed by atoms with Crippen molar-refractivity contribution in [3.05, 3.63) is 52.3 Å². The highest BCUT2D eigenvalue weighted by Crippen LogP contribution is 2.24. The van der Waals surface area contributed by atoms with E-state index >= 15 is 0 Å². The van der Waals surface area contributed by atoms with Crippen LogP contribution in [0.2, 0.25) is 0 Å². The number of nitrogens with zero attached hydrogens (tertiary/aromatic N) is 4. The zero-order chi connectivity index (χ0) is 16.4. The molecule has 0 aliphatic carbocycles. The second-order valence-electron chi connectivity index (χ2n) is 4.60. The quantitative estimate of drug-likeness (QED) is 0.368. The number of carbonyl (C=O) groups excluding carboxylic acids is 2. The zero-order valence-electron chi connectivity index (χ0n) is 11.6. The van der Waals surface area contributed by atoms with E-state index in [4.69, 9.17) is 4.42 Å². The van der Waals surface area contributed by atoms with Crippen LogP contribution in [0.5, 0.6) is 0 Å². The molecule has 1 saturated heterocycles. The molecule has 2 heterocycles. The SMILES string of the molecule is O=C1CN(/N=C/c2ccc(-c3ccc([N+](=O)[O-])cc3)o2)C(=O)[N]1. The van der Waals surface area contributed by atoms with Gasteiger partial charge in [-0.1, -0.05) is 0 Å². The lowest BCUT2D eigenvalue weighted by atomic mass is 10.1. The Morgan fingerprint density at radius 1 is 1.22 bits per heavy atom. The Kier molecular flexibility index (Phi) is 3.59. The summed E-state index contributed by atoms with van der Waals surface area (Å²) in [6.45, 7) is -0.189. The van der Waals surface area contributed by atoms with Gasteiger partial charge >= 0.3 is 6.03 Å².